The van der Waals surface area contributed by atoms with Crippen LogP contribution in [0.2, 0.25) is 0 Å². The molecule has 1 aromatic rings. The van der Waals surface area contributed by atoms with Crippen molar-refractivity contribution in [3.63, 3.8) is 0 Å². The van der Waals surface area contributed by atoms with Gasteiger partial charge in [0, 0.05) is 38.3 Å². The lowest BCUT2D eigenvalue weighted by molar-refractivity contribution is -0.245. The molecule has 3 heterocycles. The third-order valence-corrected chi connectivity index (χ3v) is 16.7. The monoisotopic (exact) mass is 725 g/mol. The number of imidazole rings is 1. The number of aliphatic hydroxyl groups is 2. The number of aliphatic hydroxyl groups excluding tert-OH is 1. The lowest BCUT2D eigenvalue weighted by atomic mass is 9.41. The first-order chi connectivity index (χ1) is 24.3. The van der Waals surface area contributed by atoms with Crippen LogP contribution in [-0.4, -0.2) is 98.6 Å². The fourth-order valence-electron chi connectivity index (χ4n) is 14.4. The van der Waals surface area contributed by atoms with Crippen molar-refractivity contribution >= 4 is 11.9 Å². The fourth-order valence-corrected chi connectivity index (χ4v) is 14.4. The Bertz CT molecular complexity index is 1590. The van der Waals surface area contributed by atoms with Crippen LogP contribution in [0.25, 0.3) is 0 Å². The summed E-state index contributed by atoms with van der Waals surface area (Å²) in [5.41, 5.74) is -1.32. The molecule has 0 aromatic carbocycles. The molecular formula is C41H63N3O8. The molecule has 8 rings (SSSR count). The fraction of sp³-hybridized carbons (Fsp3) is 0.878. The Morgan fingerprint density at radius 1 is 1.08 bits per heavy atom. The van der Waals surface area contributed by atoms with Crippen molar-refractivity contribution in [3.8, 4) is 0 Å². The number of aryl methyl sites for hydroxylation is 1. The third-order valence-electron chi connectivity index (χ3n) is 16.7. The van der Waals surface area contributed by atoms with Crippen LogP contribution in [0, 0.1) is 50.7 Å². The number of fused-ring (bicyclic) bond motifs is 4. The molecule has 2 saturated heterocycles. The molecule has 2 N–H and O–H groups in total. The van der Waals surface area contributed by atoms with Crippen LogP contribution in [0.1, 0.15) is 117 Å². The highest BCUT2D eigenvalue weighted by atomic mass is 16.7. The second-order valence-corrected chi connectivity index (χ2v) is 19.8. The van der Waals surface area contributed by atoms with Crippen molar-refractivity contribution in [1.82, 2.24) is 14.5 Å². The zero-order valence-electron chi connectivity index (χ0n) is 32.9. The van der Waals surface area contributed by atoms with Gasteiger partial charge in [-0.1, -0.05) is 34.6 Å². The highest BCUT2D eigenvalue weighted by molar-refractivity contribution is 5.90. The van der Waals surface area contributed by atoms with E-state index in [9.17, 15) is 19.8 Å². The van der Waals surface area contributed by atoms with E-state index in [1.807, 2.05) is 11.9 Å². The molecule has 7 fully saturated rings. The predicted molar refractivity (Wildman–Crippen MR) is 192 cm³/mol. The minimum absolute atomic E-state index is 0.0297. The molecule has 0 bridgehead atoms. The second-order valence-electron chi connectivity index (χ2n) is 19.8. The summed E-state index contributed by atoms with van der Waals surface area (Å²) in [7, 11) is 1.84. The van der Waals surface area contributed by atoms with Crippen molar-refractivity contribution in [2.75, 3.05) is 19.7 Å². The van der Waals surface area contributed by atoms with Crippen molar-refractivity contribution < 1.29 is 38.7 Å². The summed E-state index contributed by atoms with van der Waals surface area (Å²) in [6.45, 7) is 18.0. The summed E-state index contributed by atoms with van der Waals surface area (Å²) in [5, 5.41) is 23.7. The summed E-state index contributed by atoms with van der Waals surface area (Å²) in [6.07, 6.45) is 9.13. The van der Waals surface area contributed by atoms with Gasteiger partial charge < -0.3 is 38.6 Å². The van der Waals surface area contributed by atoms with Crippen molar-refractivity contribution in [2.24, 2.45) is 57.8 Å². The van der Waals surface area contributed by atoms with Gasteiger partial charge in [-0.2, -0.15) is 0 Å². The summed E-state index contributed by atoms with van der Waals surface area (Å²) < 4.78 is 27.3. The van der Waals surface area contributed by atoms with Gasteiger partial charge in [-0.25, -0.2) is 4.98 Å². The van der Waals surface area contributed by atoms with Crippen LogP contribution >= 0.6 is 0 Å². The third kappa shape index (κ3) is 4.96. The van der Waals surface area contributed by atoms with Crippen LogP contribution < -0.4 is 0 Å². The molecule has 1 aromatic heterocycles. The maximum atomic E-state index is 13.3. The summed E-state index contributed by atoms with van der Waals surface area (Å²) >= 11 is 0. The average Bonchev–Trinajstić information content (AvgIpc) is 3.48. The standard InChI is InChI=1S/C41H63N3O8/c1-23-20-25(33(37(5,6)48)50-24(2)45)51-31-30(23)38(7)14-15-41-22-40(41)13-12-28(36(3,4)26(40)10-11-27(41)39(38,8)32(31)46)52-29-21-44(18-19-49-29)35(47)34-42-16-17-43(34)9/h16-17,23,25-33,46,48H,10-15,18-22H2,1-9H3/t23-,25?,26+,27?,28?,29?,30+,31?,32+,33?,38?,39-,40?,41?/m1/s1. The molecular weight excluding hydrogens is 662 g/mol. The number of amides is 1. The quantitative estimate of drug-likeness (QED) is 0.384. The van der Waals surface area contributed by atoms with Gasteiger partial charge in [0.2, 0.25) is 0 Å². The van der Waals surface area contributed by atoms with Crippen molar-refractivity contribution in [3.05, 3.63) is 18.2 Å². The van der Waals surface area contributed by atoms with E-state index < -0.39 is 36.2 Å². The lowest BCUT2D eigenvalue weighted by Gasteiger charge is -2.64. The molecule has 11 nitrogen and oxygen atoms in total. The number of carbonyl (C=O) groups is 2. The molecule has 9 unspecified atom stereocenters. The normalized spacial score (nSPS) is 46.9. The highest BCUT2D eigenvalue weighted by Crippen LogP contribution is 2.89. The van der Waals surface area contributed by atoms with E-state index >= 15 is 0 Å². The van der Waals surface area contributed by atoms with Gasteiger partial charge in [-0.3, -0.25) is 9.59 Å². The Kier molecular flexibility index (Phi) is 8.50. The first-order valence-corrected chi connectivity index (χ1v) is 20.1. The average molecular weight is 726 g/mol. The summed E-state index contributed by atoms with van der Waals surface area (Å²) in [4.78, 5) is 31.5. The highest BCUT2D eigenvalue weighted by Gasteiger charge is 2.84. The Labute approximate surface area is 309 Å². The Hall–Kier alpha value is -2.05. The van der Waals surface area contributed by atoms with Crippen molar-refractivity contribution in [1.29, 1.82) is 0 Å². The number of hydrogen-bond acceptors (Lipinski definition) is 9. The van der Waals surface area contributed by atoms with Crippen LogP contribution in [0.15, 0.2) is 12.4 Å². The molecule has 11 heteroatoms. The number of morpholine rings is 1. The van der Waals surface area contributed by atoms with Crippen molar-refractivity contribution in [2.45, 2.75) is 149 Å². The van der Waals surface area contributed by atoms with Gasteiger partial charge in [0.25, 0.3) is 5.91 Å². The Morgan fingerprint density at radius 3 is 2.46 bits per heavy atom. The van der Waals surface area contributed by atoms with Crippen LogP contribution in [0.5, 0.6) is 0 Å². The molecule has 0 radical (unpaired) electrons. The molecule has 1 amide bonds. The maximum absolute atomic E-state index is 13.3. The molecule has 14 atom stereocenters. The zero-order valence-corrected chi connectivity index (χ0v) is 32.9. The van der Waals surface area contributed by atoms with Crippen LogP contribution in [-0.2, 0) is 30.8 Å². The molecule has 290 valence electrons. The van der Waals surface area contributed by atoms with E-state index in [2.05, 4.69) is 39.6 Å². The van der Waals surface area contributed by atoms with Crippen LogP contribution in [0.3, 0.4) is 0 Å². The number of ether oxygens (including phenoxy) is 4. The molecule has 5 saturated carbocycles. The van der Waals surface area contributed by atoms with Gasteiger partial charge in [-0.15, -0.1) is 0 Å². The smallest absolute Gasteiger partial charge is 0.303 e. The molecule has 7 aliphatic rings. The predicted octanol–water partition coefficient (Wildman–Crippen LogP) is 5.12. The van der Waals surface area contributed by atoms with Gasteiger partial charge in [0.15, 0.2) is 18.2 Å². The van der Waals surface area contributed by atoms with E-state index in [0.29, 0.717) is 43.8 Å². The van der Waals surface area contributed by atoms with E-state index in [1.54, 1.807) is 30.8 Å². The van der Waals surface area contributed by atoms with E-state index in [4.69, 9.17) is 18.9 Å². The minimum atomic E-state index is -1.27. The maximum Gasteiger partial charge on any atom is 0.303 e. The van der Waals surface area contributed by atoms with Gasteiger partial charge in [-0.05, 0) is 111 Å². The van der Waals surface area contributed by atoms with Gasteiger partial charge >= 0.3 is 5.97 Å². The van der Waals surface area contributed by atoms with Crippen LogP contribution in [0.4, 0.5) is 0 Å². The van der Waals surface area contributed by atoms with Gasteiger partial charge in [0.05, 0.1) is 43.2 Å². The largest absolute Gasteiger partial charge is 0.457 e. The summed E-state index contributed by atoms with van der Waals surface area (Å²) in [5.74, 6) is 1.24. The zero-order chi connectivity index (χ0) is 37.4. The number of carbonyl (C=O) groups excluding carboxylic acids is 2. The number of rotatable bonds is 6. The SMILES string of the molecule is CC(=O)OC(C1C[C@@H](C)[C@H]2C(O1)[C@H](O)[C@@]1(C)C3CC[C@H]4C(C)(C)C(OC5CN(C(=O)c6nccn6C)CCO5)CCC45CC35CCC21C)C(C)(C)O. The molecule has 2 spiro atoms. The molecule has 2 aliphatic heterocycles. The topological polar surface area (TPSA) is 133 Å². The lowest BCUT2D eigenvalue weighted by Crippen LogP contribution is -2.60. The summed E-state index contributed by atoms with van der Waals surface area (Å²) in [6, 6.07) is 0. The first kappa shape index (κ1) is 36.9. The first-order valence-electron chi connectivity index (χ1n) is 20.1. The van der Waals surface area contributed by atoms with E-state index in [1.165, 1.54) is 19.8 Å². The number of hydrogen-bond donors (Lipinski definition) is 2. The number of esters is 1. The second kappa shape index (κ2) is 12.0. The minimum Gasteiger partial charge on any atom is -0.457 e. The molecule has 5 aliphatic carbocycles. The number of nitrogens with zero attached hydrogens (tertiary/aromatic N) is 3. The Morgan fingerprint density at radius 2 is 1.79 bits per heavy atom. The van der Waals surface area contributed by atoms with E-state index in [0.717, 1.165) is 32.1 Å². The number of aromatic nitrogens is 2. The Balaban J connectivity index is 1.01. The molecule has 52 heavy (non-hydrogen) atoms. The van der Waals surface area contributed by atoms with Gasteiger partial charge in [0.1, 0.15) is 0 Å². The van der Waals surface area contributed by atoms with E-state index in [-0.39, 0.29) is 57.0 Å².